The van der Waals surface area contributed by atoms with Gasteiger partial charge < -0.3 is 30.3 Å². The van der Waals surface area contributed by atoms with Gasteiger partial charge >= 0.3 is 0 Å². The summed E-state index contributed by atoms with van der Waals surface area (Å²) in [5.74, 6) is -13.1. The number of carbonyl (C=O) groups is 3. The van der Waals surface area contributed by atoms with E-state index >= 15 is 0 Å². The summed E-state index contributed by atoms with van der Waals surface area (Å²) in [5.41, 5.74) is -0.784. The summed E-state index contributed by atoms with van der Waals surface area (Å²) in [6.07, 6.45) is 0.647. The number of rotatable bonds is 2. The first-order valence-corrected chi connectivity index (χ1v) is 7.16. The van der Waals surface area contributed by atoms with Crippen LogP contribution in [-0.4, -0.2) is 54.5 Å². The van der Waals surface area contributed by atoms with Crippen LogP contribution in [0.2, 0.25) is 0 Å². The molecular weight excluding hydrogens is 336 g/mol. The molecule has 1 aliphatic carbocycles. The fraction of sp³-hybridized carbons (Fsp3) is 0.312. The molecule has 1 aliphatic heterocycles. The zero-order valence-corrected chi connectivity index (χ0v) is 13.1. The molecule has 2 atom stereocenters. The van der Waals surface area contributed by atoms with E-state index in [9.17, 15) is 39.9 Å². The first-order chi connectivity index (χ1) is 11.4. The number of hydrogen-bond donors (Lipinski definition) is 5. The van der Waals surface area contributed by atoms with Crippen molar-refractivity contribution >= 4 is 17.3 Å². The van der Waals surface area contributed by atoms with Gasteiger partial charge in [-0.3, -0.25) is 14.4 Å². The van der Waals surface area contributed by atoms with Crippen molar-refractivity contribution in [1.29, 1.82) is 0 Å². The molecule has 1 aromatic rings. The van der Waals surface area contributed by atoms with Gasteiger partial charge in [0.15, 0.2) is 23.1 Å². The summed E-state index contributed by atoms with van der Waals surface area (Å²) < 4.78 is 5.05. The van der Waals surface area contributed by atoms with E-state index in [0.717, 1.165) is 19.9 Å². The molecule has 1 heterocycles. The maximum atomic E-state index is 12.0. The SMILES string of the molecule is CC(=O)C1=CC(=O)C(O)(O)[C@]2(O)Oc3c(O)c(O)cc(C(C)=O)c3[C@H]12. The second-order valence-electron chi connectivity index (χ2n) is 6.01. The van der Waals surface area contributed by atoms with Gasteiger partial charge in [-0.25, -0.2) is 0 Å². The minimum Gasteiger partial charge on any atom is -0.504 e. The van der Waals surface area contributed by atoms with E-state index in [2.05, 4.69) is 0 Å². The Balaban J connectivity index is 2.43. The summed E-state index contributed by atoms with van der Waals surface area (Å²) >= 11 is 0. The number of aromatic hydroxyl groups is 2. The van der Waals surface area contributed by atoms with E-state index in [-0.39, 0.29) is 16.7 Å². The maximum Gasteiger partial charge on any atom is 0.296 e. The average Bonchev–Trinajstić information content (AvgIpc) is 2.82. The standard InChI is InChI=1S/C16H14O9/c1-5(17)7-3-9(19)13(21)14-11(7)12-8(6(2)18)4-10(20)15(22,23)16(12,24)25-14/h3-4,12,19,21-24H,1-2H3/t12-,16+/m0/s1. The lowest BCUT2D eigenvalue weighted by molar-refractivity contribution is -0.322. The summed E-state index contributed by atoms with van der Waals surface area (Å²) in [6, 6.07) is 0.899. The molecule has 0 amide bonds. The number of Topliss-reactive ketones (excluding diaryl/α,β-unsaturated/α-hetero) is 2. The van der Waals surface area contributed by atoms with Gasteiger partial charge in [-0.15, -0.1) is 0 Å². The third-order valence-electron chi connectivity index (χ3n) is 4.44. The minimum atomic E-state index is -3.45. The molecule has 0 unspecified atom stereocenters. The van der Waals surface area contributed by atoms with Crippen LogP contribution in [0.5, 0.6) is 17.2 Å². The Hall–Kier alpha value is -2.75. The number of phenolic OH excluding ortho intramolecular Hbond substituents is 2. The third-order valence-corrected chi connectivity index (χ3v) is 4.44. The highest BCUT2D eigenvalue weighted by atomic mass is 16.7. The lowest BCUT2D eigenvalue weighted by atomic mass is 9.73. The molecule has 9 heteroatoms. The second-order valence-corrected chi connectivity index (χ2v) is 6.01. The van der Waals surface area contributed by atoms with Crippen molar-refractivity contribution in [1.82, 2.24) is 0 Å². The van der Waals surface area contributed by atoms with Gasteiger partial charge in [0.25, 0.3) is 11.6 Å². The number of ether oxygens (including phenoxy) is 1. The first kappa shape index (κ1) is 17.1. The smallest absolute Gasteiger partial charge is 0.296 e. The molecule has 5 N–H and O–H groups in total. The van der Waals surface area contributed by atoms with Gasteiger partial charge in [0.1, 0.15) is 0 Å². The molecule has 0 radical (unpaired) electrons. The van der Waals surface area contributed by atoms with Crippen LogP contribution < -0.4 is 4.74 Å². The lowest BCUT2D eigenvalue weighted by Crippen LogP contribution is -2.66. The Morgan fingerprint density at radius 3 is 2.24 bits per heavy atom. The highest BCUT2D eigenvalue weighted by Crippen LogP contribution is 2.59. The Morgan fingerprint density at radius 2 is 1.72 bits per heavy atom. The van der Waals surface area contributed by atoms with Crippen LogP contribution >= 0.6 is 0 Å². The van der Waals surface area contributed by atoms with Crippen LogP contribution in [0.15, 0.2) is 17.7 Å². The highest BCUT2D eigenvalue weighted by Gasteiger charge is 2.69. The van der Waals surface area contributed by atoms with E-state index in [1.165, 1.54) is 0 Å². The van der Waals surface area contributed by atoms with Crippen molar-refractivity contribution in [2.24, 2.45) is 0 Å². The van der Waals surface area contributed by atoms with Gasteiger partial charge in [0.05, 0.1) is 5.92 Å². The number of ketones is 3. The van der Waals surface area contributed by atoms with E-state index in [0.29, 0.717) is 6.08 Å². The minimum absolute atomic E-state index is 0.219. The Labute approximate surface area is 140 Å². The van der Waals surface area contributed by atoms with Crippen LogP contribution in [0, 0.1) is 0 Å². The molecule has 0 bridgehead atoms. The van der Waals surface area contributed by atoms with Gasteiger partial charge in [-0.05, 0) is 26.0 Å². The fourth-order valence-electron chi connectivity index (χ4n) is 3.19. The summed E-state index contributed by atoms with van der Waals surface area (Å²) in [7, 11) is 0. The number of aliphatic hydroxyl groups is 3. The van der Waals surface area contributed by atoms with Crippen molar-refractivity contribution in [3.05, 3.63) is 28.8 Å². The van der Waals surface area contributed by atoms with Crippen molar-refractivity contribution in [3.63, 3.8) is 0 Å². The van der Waals surface area contributed by atoms with Crippen molar-refractivity contribution in [2.75, 3.05) is 0 Å². The van der Waals surface area contributed by atoms with Crippen LogP contribution in [0.3, 0.4) is 0 Å². The molecule has 1 aromatic carbocycles. The fourth-order valence-corrected chi connectivity index (χ4v) is 3.19. The largest absolute Gasteiger partial charge is 0.504 e. The second kappa shape index (κ2) is 4.88. The number of hydrogen-bond acceptors (Lipinski definition) is 9. The molecule has 0 saturated heterocycles. The zero-order chi connectivity index (χ0) is 18.9. The van der Waals surface area contributed by atoms with Crippen molar-refractivity contribution < 1.29 is 44.7 Å². The highest BCUT2D eigenvalue weighted by molar-refractivity contribution is 6.09. The van der Waals surface area contributed by atoms with Crippen LogP contribution in [0.4, 0.5) is 0 Å². The van der Waals surface area contributed by atoms with E-state index in [4.69, 9.17) is 4.74 Å². The average molecular weight is 350 g/mol. The molecule has 132 valence electrons. The molecule has 25 heavy (non-hydrogen) atoms. The van der Waals surface area contributed by atoms with Crippen molar-refractivity contribution in [3.8, 4) is 17.2 Å². The van der Waals surface area contributed by atoms with Gasteiger partial charge in [-0.2, -0.15) is 0 Å². The lowest BCUT2D eigenvalue weighted by Gasteiger charge is -2.41. The van der Waals surface area contributed by atoms with E-state index in [1.54, 1.807) is 0 Å². The Morgan fingerprint density at radius 1 is 1.12 bits per heavy atom. The van der Waals surface area contributed by atoms with Crippen molar-refractivity contribution in [2.45, 2.75) is 31.3 Å². The molecule has 0 spiro atoms. The van der Waals surface area contributed by atoms with Gasteiger partial charge in [0, 0.05) is 16.7 Å². The van der Waals surface area contributed by atoms with Crippen LogP contribution in [-0.2, 0) is 9.59 Å². The number of fused-ring (bicyclic) bond motifs is 3. The summed E-state index contributed by atoms with van der Waals surface area (Å²) in [4.78, 5) is 35.8. The van der Waals surface area contributed by atoms with Crippen LogP contribution in [0.25, 0.3) is 0 Å². The monoisotopic (exact) mass is 350 g/mol. The Kier molecular flexibility index (Phi) is 3.34. The van der Waals surface area contributed by atoms with E-state index in [1.807, 2.05) is 0 Å². The number of carbonyl (C=O) groups excluding carboxylic acids is 3. The number of phenols is 2. The predicted molar refractivity (Wildman–Crippen MR) is 79.0 cm³/mol. The molecule has 0 aromatic heterocycles. The predicted octanol–water partition coefficient (Wildman–Crippen LogP) is -0.756. The first-order valence-electron chi connectivity index (χ1n) is 7.16. The van der Waals surface area contributed by atoms with Crippen LogP contribution in [0.1, 0.15) is 35.7 Å². The zero-order valence-electron chi connectivity index (χ0n) is 13.1. The normalized spacial score (nSPS) is 26.4. The molecule has 2 aliphatic rings. The maximum absolute atomic E-state index is 12.0. The topological polar surface area (TPSA) is 162 Å². The van der Waals surface area contributed by atoms with Gasteiger partial charge in [-0.1, -0.05) is 0 Å². The molecule has 0 saturated carbocycles. The number of benzene rings is 1. The quantitative estimate of drug-likeness (QED) is 0.262. The molecule has 9 nitrogen and oxygen atoms in total. The summed E-state index contributed by atoms with van der Waals surface area (Å²) in [6.45, 7) is 2.20. The molecule has 0 fully saturated rings. The Bertz CT molecular complexity index is 880. The van der Waals surface area contributed by atoms with Gasteiger partial charge in [0.2, 0.25) is 11.5 Å². The molecule has 3 rings (SSSR count). The molecular formula is C16H14O9. The summed E-state index contributed by atoms with van der Waals surface area (Å²) in [5, 5.41) is 50.6. The third kappa shape index (κ3) is 1.97. The van der Waals surface area contributed by atoms with E-state index < -0.39 is 52.1 Å².